The fourth-order valence-corrected chi connectivity index (χ4v) is 5.25. The van der Waals surface area contributed by atoms with E-state index in [1.165, 1.54) is 10.9 Å². The summed E-state index contributed by atoms with van der Waals surface area (Å²) in [4.78, 5) is 13.5. The Balaban J connectivity index is 1.49. The van der Waals surface area contributed by atoms with Gasteiger partial charge in [-0.25, -0.2) is 18.4 Å². The Bertz CT molecular complexity index is 931. The Morgan fingerprint density at radius 1 is 1.04 bits per heavy atom. The third-order valence-electron chi connectivity index (χ3n) is 5.44. The first-order valence-electron chi connectivity index (χ1n) is 9.63. The van der Waals surface area contributed by atoms with Crippen molar-refractivity contribution in [1.29, 1.82) is 0 Å². The molecule has 0 atom stereocenters. The fraction of sp³-hybridized carbons (Fsp3) is 0.611. The van der Waals surface area contributed by atoms with Gasteiger partial charge in [0.1, 0.15) is 22.9 Å². The lowest BCUT2D eigenvalue weighted by Gasteiger charge is -2.39. The molecule has 0 N–H and O–H groups in total. The highest BCUT2D eigenvalue weighted by Crippen LogP contribution is 2.36. The van der Waals surface area contributed by atoms with Crippen LogP contribution >= 0.6 is 0 Å². The molecule has 2 aromatic rings. The number of anilines is 2. The summed E-state index contributed by atoms with van der Waals surface area (Å²) in [5.74, 6) is 1.82. The molecule has 0 spiro atoms. The molecule has 1 saturated heterocycles. The van der Waals surface area contributed by atoms with Crippen molar-refractivity contribution in [3.63, 3.8) is 0 Å². The monoisotopic (exact) mass is 405 g/mol. The largest absolute Gasteiger partial charge is 0.363 e. The number of rotatable bonds is 6. The zero-order valence-corrected chi connectivity index (χ0v) is 17.4. The zero-order valence-electron chi connectivity index (χ0n) is 16.6. The second-order valence-electron chi connectivity index (χ2n) is 7.75. The van der Waals surface area contributed by atoms with Gasteiger partial charge in [-0.15, -0.1) is 0 Å². The highest BCUT2D eigenvalue weighted by molar-refractivity contribution is 7.89. The Morgan fingerprint density at radius 2 is 1.68 bits per heavy atom. The van der Waals surface area contributed by atoms with Crippen LogP contribution < -0.4 is 9.80 Å². The molecule has 2 aliphatic rings. The molecule has 0 bridgehead atoms. The van der Waals surface area contributed by atoms with E-state index in [1.54, 1.807) is 23.9 Å². The first-order chi connectivity index (χ1) is 13.4. The van der Waals surface area contributed by atoms with E-state index in [2.05, 4.69) is 20.0 Å². The molecular weight excluding hydrogens is 378 g/mol. The first kappa shape index (κ1) is 19.1. The minimum absolute atomic E-state index is 0.263. The number of hydrogen-bond acceptors (Lipinski definition) is 7. The van der Waals surface area contributed by atoms with E-state index >= 15 is 0 Å². The Kier molecular flexibility index (Phi) is 5.00. The van der Waals surface area contributed by atoms with Gasteiger partial charge < -0.3 is 9.80 Å². The Labute approximate surface area is 166 Å². The van der Waals surface area contributed by atoms with E-state index in [-0.39, 0.29) is 10.9 Å². The summed E-state index contributed by atoms with van der Waals surface area (Å²) in [6, 6.07) is 2.81. The SMILES string of the molecule is CN(C)c1cc(N(C2CC2)C2CCN(S(=O)(=O)c3cnn(C)c3)CC2)ncn1. The van der Waals surface area contributed by atoms with Crippen LogP contribution in [0, 0.1) is 0 Å². The van der Waals surface area contributed by atoms with Crippen LogP contribution in [0.3, 0.4) is 0 Å². The van der Waals surface area contributed by atoms with Gasteiger partial charge in [0.15, 0.2) is 0 Å². The van der Waals surface area contributed by atoms with E-state index in [0.29, 0.717) is 19.1 Å². The van der Waals surface area contributed by atoms with E-state index in [4.69, 9.17) is 0 Å². The molecule has 0 radical (unpaired) electrons. The number of aromatic nitrogens is 4. The summed E-state index contributed by atoms with van der Waals surface area (Å²) in [7, 11) is 2.18. The molecule has 3 heterocycles. The van der Waals surface area contributed by atoms with Crippen LogP contribution in [-0.2, 0) is 17.1 Å². The lowest BCUT2D eigenvalue weighted by molar-refractivity contribution is 0.308. The van der Waals surface area contributed by atoms with E-state index in [9.17, 15) is 8.42 Å². The molecule has 10 heteroatoms. The fourth-order valence-electron chi connectivity index (χ4n) is 3.79. The molecule has 9 nitrogen and oxygen atoms in total. The van der Waals surface area contributed by atoms with Crippen molar-refractivity contribution in [2.45, 2.75) is 42.7 Å². The summed E-state index contributed by atoms with van der Waals surface area (Å²) in [5, 5.41) is 4.00. The molecule has 152 valence electrons. The van der Waals surface area contributed by atoms with Crippen LogP contribution in [-0.4, -0.2) is 71.7 Å². The van der Waals surface area contributed by atoms with Gasteiger partial charge in [-0.3, -0.25) is 4.68 Å². The molecule has 2 fully saturated rings. The van der Waals surface area contributed by atoms with Crippen LogP contribution in [0.25, 0.3) is 0 Å². The third kappa shape index (κ3) is 3.70. The second kappa shape index (κ2) is 7.32. The summed E-state index contributed by atoms with van der Waals surface area (Å²) < 4.78 is 28.8. The van der Waals surface area contributed by atoms with Gasteiger partial charge in [0.05, 0.1) is 6.20 Å². The minimum atomic E-state index is -3.48. The molecule has 0 amide bonds. The predicted molar refractivity (Wildman–Crippen MR) is 107 cm³/mol. The number of aryl methyl sites for hydroxylation is 1. The molecule has 1 aliphatic carbocycles. The van der Waals surface area contributed by atoms with Crippen molar-refractivity contribution in [2.24, 2.45) is 7.05 Å². The van der Waals surface area contributed by atoms with E-state index in [1.807, 2.05) is 25.1 Å². The van der Waals surface area contributed by atoms with Crippen LogP contribution in [0.15, 0.2) is 29.7 Å². The van der Waals surface area contributed by atoms with Gasteiger partial charge in [-0.05, 0) is 25.7 Å². The Hall–Kier alpha value is -2.20. The molecule has 2 aromatic heterocycles. The van der Waals surface area contributed by atoms with Crippen LogP contribution in [0.2, 0.25) is 0 Å². The number of nitrogens with zero attached hydrogens (tertiary/aromatic N) is 7. The average molecular weight is 406 g/mol. The van der Waals surface area contributed by atoms with Gasteiger partial charge in [-0.1, -0.05) is 0 Å². The highest BCUT2D eigenvalue weighted by Gasteiger charge is 2.38. The normalized spacial score (nSPS) is 19.0. The Morgan fingerprint density at radius 3 is 2.25 bits per heavy atom. The van der Waals surface area contributed by atoms with Crippen molar-refractivity contribution < 1.29 is 8.42 Å². The quantitative estimate of drug-likeness (QED) is 0.711. The van der Waals surface area contributed by atoms with Gasteiger partial charge in [0, 0.05) is 58.6 Å². The van der Waals surface area contributed by atoms with E-state index in [0.717, 1.165) is 37.3 Å². The second-order valence-corrected chi connectivity index (χ2v) is 9.69. The van der Waals surface area contributed by atoms with Crippen LogP contribution in [0.5, 0.6) is 0 Å². The van der Waals surface area contributed by atoms with E-state index < -0.39 is 10.0 Å². The smallest absolute Gasteiger partial charge is 0.246 e. The molecule has 0 aromatic carbocycles. The summed E-state index contributed by atoms with van der Waals surface area (Å²) >= 11 is 0. The molecule has 28 heavy (non-hydrogen) atoms. The zero-order chi connectivity index (χ0) is 19.9. The van der Waals surface area contributed by atoms with Crippen LogP contribution in [0.4, 0.5) is 11.6 Å². The standard InChI is InChI=1S/C18H27N7O2S/c1-22(2)17-10-18(20-13-19-17)25(14-4-5-14)15-6-8-24(9-7-15)28(26,27)16-11-21-23(3)12-16/h10-15H,4-9H2,1-3H3. The summed E-state index contributed by atoms with van der Waals surface area (Å²) in [5.41, 5.74) is 0. The lowest BCUT2D eigenvalue weighted by atomic mass is 10.0. The molecule has 1 aliphatic heterocycles. The van der Waals surface area contributed by atoms with Gasteiger partial charge in [0.25, 0.3) is 0 Å². The molecule has 0 unspecified atom stereocenters. The maximum absolute atomic E-state index is 12.8. The molecule has 4 rings (SSSR count). The van der Waals surface area contributed by atoms with Crippen molar-refractivity contribution in [2.75, 3.05) is 37.0 Å². The first-order valence-corrected chi connectivity index (χ1v) is 11.1. The van der Waals surface area contributed by atoms with Gasteiger partial charge in [0.2, 0.25) is 10.0 Å². The maximum atomic E-state index is 12.8. The van der Waals surface area contributed by atoms with Crippen molar-refractivity contribution in [3.8, 4) is 0 Å². The number of sulfonamides is 1. The highest BCUT2D eigenvalue weighted by atomic mass is 32.2. The number of hydrogen-bond donors (Lipinski definition) is 0. The van der Waals surface area contributed by atoms with Crippen molar-refractivity contribution >= 4 is 21.7 Å². The van der Waals surface area contributed by atoms with Crippen molar-refractivity contribution in [3.05, 3.63) is 24.8 Å². The maximum Gasteiger partial charge on any atom is 0.246 e. The topological polar surface area (TPSA) is 87.5 Å². The lowest BCUT2D eigenvalue weighted by Crippen LogP contribution is -2.48. The van der Waals surface area contributed by atoms with Crippen LogP contribution in [0.1, 0.15) is 25.7 Å². The summed E-state index contributed by atoms with van der Waals surface area (Å²) in [6.45, 7) is 1.02. The third-order valence-corrected chi connectivity index (χ3v) is 7.29. The number of piperidine rings is 1. The van der Waals surface area contributed by atoms with Crippen molar-refractivity contribution in [1.82, 2.24) is 24.1 Å². The molecular formula is C18H27N7O2S. The average Bonchev–Trinajstić information content (AvgIpc) is 3.41. The van der Waals surface area contributed by atoms with Gasteiger partial charge in [-0.2, -0.15) is 9.40 Å². The molecule has 1 saturated carbocycles. The summed E-state index contributed by atoms with van der Waals surface area (Å²) in [6.07, 6.45) is 8.49. The van der Waals surface area contributed by atoms with Gasteiger partial charge >= 0.3 is 0 Å². The predicted octanol–water partition coefficient (Wildman–Crippen LogP) is 1.10. The minimum Gasteiger partial charge on any atom is -0.363 e.